The molecule has 142 valence electrons. The van der Waals surface area contributed by atoms with Gasteiger partial charge in [-0.05, 0) is 52.7 Å². The quantitative estimate of drug-likeness (QED) is 0.696. The molecular weight excluding hydrogens is 326 g/mol. The Bertz CT molecular complexity index is 672. The Hall–Kier alpha value is -2.07. The van der Waals surface area contributed by atoms with E-state index in [-0.39, 0.29) is 24.3 Å². The molecule has 0 fully saturated rings. The van der Waals surface area contributed by atoms with Gasteiger partial charge < -0.3 is 14.4 Å². The van der Waals surface area contributed by atoms with E-state index in [0.29, 0.717) is 5.57 Å². The van der Waals surface area contributed by atoms with E-state index in [9.17, 15) is 4.79 Å². The predicted molar refractivity (Wildman–Crippen MR) is 104 cm³/mol. The van der Waals surface area contributed by atoms with Crippen LogP contribution in [0, 0.1) is 0 Å². The van der Waals surface area contributed by atoms with Crippen molar-refractivity contribution < 1.29 is 14.3 Å². The van der Waals surface area contributed by atoms with E-state index >= 15 is 0 Å². The second-order valence-electron chi connectivity index (χ2n) is 7.64. The number of hydrogen-bond donors (Lipinski definition) is 0. The highest BCUT2D eigenvalue weighted by molar-refractivity contribution is 5.91. The van der Waals surface area contributed by atoms with Crippen molar-refractivity contribution in [1.82, 2.24) is 4.90 Å². The van der Waals surface area contributed by atoms with Crippen LogP contribution in [0.3, 0.4) is 0 Å². The number of benzene rings is 1. The van der Waals surface area contributed by atoms with Gasteiger partial charge in [0.2, 0.25) is 0 Å². The van der Waals surface area contributed by atoms with E-state index in [1.807, 2.05) is 45.9 Å². The highest BCUT2D eigenvalue weighted by Crippen LogP contribution is 2.37. The van der Waals surface area contributed by atoms with E-state index in [1.165, 1.54) is 0 Å². The summed E-state index contributed by atoms with van der Waals surface area (Å²) in [5.74, 6) is -0.347. The molecule has 0 aromatic heterocycles. The van der Waals surface area contributed by atoms with Crippen LogP contribution in [-0.4, -0.2) is 28.8 Å². The smallest absolute Gasteiger partial charge is 0.339 e. The zero-order chi connectivity index (χ0) is 19.5. The number of hydrogen-bond acceptors (Lipinski definition) is 4. The van der Waals surface area contributed by atoms with Crippen LogP contribution in [0.4, 0.5) is 0 Å². The summed E-state index contributed by atoms with van der Waals surface area (Å²) in [6, 6.07) is 10.3. The third kappa shape index (κ3) is 4.36. The average Bonchev–Trinajstić information content (AvgIpc) is 2.59. The summed E-state index contributed by atoms with van der Waals surface area (Å²) in [5, 5.41) is 0. The van der Waals surface area contributed by atoms with Crippen molar-refractivity contribution in [2.45, 2.75) is 71.9 Å². The molecule has 1 aliphatic heterocycles. The molecule has 1 aliphatic rings. The third-order valence-corrected chi connectivity index (χ3v) is 4.49. The summed E-state index contributed by atoms with van der Waals surface area (Å²) in [7, 11) is 0. The Balaban J connectivity index is 2.51. The number of carbonyl (C=O) groups is 1. The van der Waals surface area contributed by atoms with Crippen molar-refractivity contribution in [1.29, 1.82) is 0 Å². The number of nitrogens with zero attached hydrogens (tertiary/aromatic N) is 1. The zero-order valence-electron chi connectivity index (χ0n) is 16.8. The minimum atomic E-state index is -0.562. The predicted octanol–water partition coefficient (Wildman–Crippen LogP) is 4.99. The van der Waals surface area contributed by atoms with Crippen molar-refractivity contribution in [2.75, 3.05) is 0 Å². The molecule has 1 heterocycles. The molecule has 0 amide bonds. The highest BCUT2D eigenvalue weighted by atomic mass is 16.6. The minimum Gasteiger partial charge on any atom is -0.456 e. The molecule has 26 heavy (non-hydrogen) atoms. The lowest BCUT2D eigenvalue weighted by Crippen LogP contribution is -2.47. The van der Waals surface area contributed by atoms with Gasteiger partial charge in [-0.3, -0.25) is 0 Å². The van der Waals surface area contributed by atoms with Crippen molar-refractivity contribution in [3.05, 3.63) is 59.8 Å². The molecule has 2 rings (SSSR count). The van der Waals surface area contributed by atoms with Gasteiger partial charge in [-0.25, -0.2) is 4.79 Å². The fourth-order valence-electron chi connectivity index (χ4n) is 3.33. The molecule has 1 aromatic rings. The Morgan fingerprint density at radius 1 is 1.35 bits per heavy atom. The summed E-state index contributed by atoms with van der Waals surface area (Å²) in [6.07, 6.45) is 2.09. The molecule has 0 radical (unpaired) electrons. The van der Waals surface area contributed by atoms with Crippen LogP contribution < -0.4 is 0 Å². The van der Waals surface area contributed by atoms with Gasteiger partial charge in [0.1, 0.15) is 11.8 Å². The summed E-state index contributed by atoms with van der Waals surface area (Å²) in [4.78, 5) is 15.0. The lowest BCUT2D eigenvalue weighted by molar-refractivity contribution is -0.156. The van der Waals surface area contributed by atoms with Crippen LogP contribution in [0.15, 0.2) is 54.3 Å². The number of rotatable bonds is 5. The van der Waals surface area contributed by atoms with Gasteiger partial charge in [0.25, 0.3) is 0 Å². The Kier molecular flexibility index (Phi) is 6.30. The molecule has 0 N–H and O–H groups in total. The molecule has 0 saturated heterocycles. The molecule has 4 heteroatoms. The second kappa shape index (κ2) is 8.09. The molecular formula is C22H31NO3. The number of ether oxygens (including phenoxy) is 2. The van der Waals surface area contributed by atoms with Crippen LogP contribution in [0.2, 0.25) is 0 Å². The summed E-state index contributed by atoms with van der Waals surface area (Å²) >= 11 is 0. The first kappa shape index (κ1) is 20.2. The second-order valence-corrected chi connectivity index (χ2v) is 7.64. The van der Waals surface area contributed by atoms with Crippen LogP contribution in [-0.2, 0) is 14.3 Å². The summed E-state index contributed by atoms with van der Waals surface area (Å²) in [5.41, 5.74) is 1.92. The van der Waals surface area contributed by atoms with E-state index in [2.05, 4.69) is 37.5 Å². The molecule has 1 unspecified atom stereocenters. The standard InChI is InChI=1S/C22H31NO3/c1-8-18-20(21(24)26-22(5,6)7)16(4)25-19(9-2)23(18)15(3)17-13-11-10-12-14-17/h8,10-16,19H,1,9H2,2-7H3/t15?,16-,19+/m1/s1. The van der Waals surface area contributed by atoms with Crippen molar-refractivity contribution >= 4 is 5.97 Å². The first-order chi connectivity index (χ1) is 12.2. The highest BCUT2D eigenvalue weighted by Gasteiger charge is 2.38. The molecule has 4 nitrogen and oxygen atoms in total. The SMILES string of the molecule is C=CC1=C(C(=O)OC(C)(C)C)[C@@H](C)O[C@@H](CC)N1C(C)c1ccccc1. The fraction of sp³-hybridized carbons (Fsp3) is 0.500. The Labute approximate surface area is 157 Å². The summed E-state index contributed by atoms with van der Waals surface area (Å²) in [6.45, 7) is 15.7. The van der Waals surface area contributed by atoms with E-state index in [1.54, 1.807) is 6.08 Å². The lowest BCUT2D eigenvalue weighted by Gasteiger charge is -2.45. The van der Waals surface area contributed by atoms with Gasteiger partial charge in [-0.15, -0.1) is 0 Å². The topological polar surface area (TPSA) is 38.8 Å². The Morgan fingerprint density at radius 3 is 2.46 bits per heavy atom. The largest absolute Gasteiger partial charge is 0.456 e. The zero-order valence-corrected chi connectivity index (χ0v) is 16.8. The molecule has 3 atom stereocenters. The van der Waals surface area contributed by atoms with Crippen molar-refractivity contribution in [2.24, 2.45) is 0 Å². The number of esters is 1. The van der Waals surface area contributed by atoms with Crippen molar-refractivity contribution in [3.8, 4) is 0 Å². The van der Waals surface area contributed by atoms with Crippen molar-refractivity contribution in [3.63, 3.8) is 0 Å². The molecule has 1 aromatic carbocycles. The van der Waals surface area contributed by atoms with Gasteiger partial charge in [-0.1, -0.05) is 43.8 Å². The third-order valence-electron chi connectivity index (χ3n) is 4.49. The van der Waals surface area contributed by atoms with Crippen LogP contribution in [0.1, 0.15) is 59.6 Å². The van der Waals surface area contributed by atoms with Gasteiger partial charge in [0.15, 0.2) is 0 Å². The molecule has 0 bridgehead atoms. The van der Waals surface area contributed by atoms with Gasteiger partial charge in [-0.2, -0.15) is 0 Å². The Morgan fingerprint density at radius 2 is 1.96 bits per heavy atom. The van der Waals surface area contributed by atoms with Crippen LogP contribution >= 0.6 is 0 Å². The van der Waals surface area contributed by atoms with Crippen LogP contribution in [0.25, 0.3) is 0 Å². The molecule has 0 saturated carbocycles. The minimum absolute atomic E-state index is 0.0408. The average molecular weight is 357 g/mol. The number of carbonyl (C=O) groups excluding carboxylic acids is 1. The van der Waals surface area contributed by atoms with Gasteiger partial charge >= 0.3 is 5.97 Å². The fourth-order valence-corrected chi connectivity index (χ4v) is 3.33. The molecule has 0 spiro atoms. The lowest BCUT2D eigenvalue weighted by atomic mass is 9.99. The normalized spacial score (nSPS) is 22.2. The van der Waals surface area contributed by atoms with E-state index in [4.69, 9.17) is 9.47 Å². The van der Waals surface area contributed by atoms with E-state index < -0.39 is 5.60 Å². The summed E-state index contributed by atoms with van der Waals surface area (Å²) < 4.78 is 11.8. The monoisotopic (exact) mass is 357 g/mol. The van der Waals surface area contributed by atoms with Gasteiger partial charge in [0, 0.05) is 0 Å². The van der Waals surface area contributed by atoms with Gasteiger partial charge in [0.05, 0.1) is 23.4 Å². The number of allylic oxidation sites excluding steroid dienone is 1. The molecule has 0 aliphatic carbocycles. The maximum Gasteiger partial charge on any atom is 0.339 e. The maximum absolute atomic E-state index is 12.9. The first-order valence-corrected chi connectivity index (χ1v) is 9.28. The van der Waals surface area contributed by atoms with E-state index in [0.717, 1.165) is 17.7 Å². The first-order valence-electron chi connectivity index (χ1n) is 9.28. The maximum atomic E-state index is 12.9. The van der Waals surface area contributed by atoms with Crippen LogP contribution in [0.5, 0.6) is 0 Å².